The predicted octanol–water partition coefficient (Wildman–Crippen LogP) is 2.06. The summed E-state index contributed by atoms with van der Waals surface area (Å²) in [5.74, 6) is -3.61. The first-order chi connectivity index (χ1) is 11.9. The molecule has 9 heteroatoms. The zero-order valence-electron chi connectivity index (χ0n) is 13.0. The normalized spacial score (nSPS) is 18.1. The van der Waals surface area contributed by atoms with Crippen molar-refractivity contribution in [2.24, 2.45) is 5.92 Å². The minimum atomic E-state index is -0.908. The quantitative estimate of drug-likeness (QED) is 0.875. The molecule has 3 rings (SSSR count). The van der Waals surface area contributed by atoms with Gasteiger partial charge in [0.1, 0.15) is 11.6 Å². The number of aromatic nitrogens is 1. The summed E-state index contributed by atoms with van der Waals surface area (Å²) in [7, 11) is 0. The van der Waals surface area contributed by atoms with Crippen molar-refractivity contribution in [3.8, 4) is 11.3 Å². The fraction of sp³-hybridized carbons (Fsp3) is 0.312. The second kappa shape index (κ2) is 6.98. The summed E-state index contributed by atoms with van der Waals surface area (Å²) in [5.41, 5.74) is 2.46. The molecule has 1 aromatic carbocycles. The van der Waals surface area contributed by atoms with Crippen LogP contribution in [0, 0.1) is 17.6 Å². The molecule has 2 aromatic rings. The Morgan fingerprint density at radius 3 is 2.84 bits per heavy atom. The van der Waals surface area contributed by atoms with Crippen LogP contribution in [-0.2, 0) is 4.79 Å². The second-order valence-electron chi connectivity index (χ2n) is 5.76. The standard InChI is InChI=1S/C16H15F2N3O4/c17-10-3-4-11(12(18)6-10)14-7-13(20-25-14)15(22)19-21-5-1-2-9(8-21)16(23)24/h3-4,6-7,9H,1-2,5,8H2,(H,19,22)(H,23,24). The van der Waals surface area contributed by atoms with Crippen molar-refractivity contribution in [2.75, 3.05) is 13.1 Å². The van der Waals surface area contributed by atoms with Gasteiger partial charge in [0.05, 0.1) is 11.5 Å². The number of piperidine rings is 1. The molecule has 1 atom stereocenters. The Bertz CT molecular complexity index is 808. The van der Waals surface area contributed by atoms with Crippen molar-refractivity contribution in [1.29, 1.82) is 0 Å². The van der Waals surface area contributed by atoms with Gasteiger partial charge in [0.2, 0.25) is 0 Å². The number of aliphatic carboxylic acids is 1. The van der Waals surface area contributed by atoms with E-state index in [1.807, 2.05) is 0 Å². The predicted molar refractivity (Wildman–Crippen MR) is 81.3 cm³/mol. The van der Waals surface area contributed by atoms with Crippen molar-refractivity contribution >= 4 is 11.9 Å². The van der Waals surface area contributed by atoms with E-state index in [0.29, 0.717) is 25.5 Å². The van der Waals surface area contributed by atoms with E-state index in [-0.39, 0.29) is 23.6 Å². The molecule has 1 aliphatic heterocycles. The van der Waals surface area contributed by atoms with Crippen LogP contribution >= 0.6 is 0 Å². The van der Waals surface area contributed by atoms with Gasteiger partial charge in [-0.2, -0.15) is 0 Å². The van der Waals surface area contributed by atoms with E-state index < -0.39 is 29.4 Å². The first kappa shape index (κ1) is 17.0. The Morgan fingerprint density at radius 2 is 2.12 bits per heavy atom. The molecule has 0 saturated carbocycles. The fourth-order valence-corrected chi connectivity index (χ4v) is 2.68. The van der Waals surface area contributed by atoms with Crippen LogP contribution in [0.5, 0.6) is 0 Å². The van der Waals surface area contributed by atoms with Crippen molar-refractivity contribution in [3.63, 3.8) is 0 Å². The van der Waals surface area contributed by atoms with Crippen molar-refractivity contribution in [1.82, 2.24) is 15.6 Å². The van der Waals surface area contributed by atoms with Gasteiger partial charge in [0.15, 0.2) is 11.5 Å². The highest BCUT2D eigenvalue weighted by molar-refractivity contribution is 5.92. The lowest BCUT2D eigenvalue weighted by Crippen LogP contribution is -2.49. The number of carbonyl (C=O) groups is 2. The average Bonchev–Trinajstić information content (AvgIpc) is 3.05. The van der Waals surface area contributed by atoms with Gasteiger partial charge in [-0.1, -0.05) is 5.16 Å². The number of halogens is 2. The summed E-state index contributed by atoms with van der Waals surface area (Å²) < 4.78 is 31.6. The van der Waals surface area contributed by atoms with Crippen molar-refractivity contribution in [3.05, 3.63) is 41.6 Å². The van der Waals surface area contributed by atoms with Gasteiger partial charge in [-0.05, 0) is 25.0 Å². The number of amides is 1. The Balaban J connectivity index is 1.69. The molecular weight excluding hydrogens is 336 g/mol. The van der Waals surface area contributed by atoms with Gasteiger partial charge in [-0.15, -0.1) is 0 Å². The van der Waals surface area contributed by atoms with Crippen molar-refractivity contribution in [2.45, 2.75) is 12.8 Å². The monoisotopic (exact) mass is 351 g/mol. The van der Waals surface area contributed by atoms with Gasteiger partial charge in [0, 0.05) is 25.2 Å². The Labute approximate surface area is 141 Å². The molecule has 2 N–H and O–H groups in total. The summed E-state index contributed by atoms with van der Waals surface area (Å²) >= 11 is 0. The number of nitrogens with zero attached hydrogens (tertiary/aromatic N) is 2. The largest absolute Gasteiger partial charge is 0.481 e. The minimum Gasteiger partial charge on any atom is -0.481 e. The number of carboxylic acids is 1. The zero-order chi connectivity index (χ0) is 18.0. The lowest BCUT2D eigenvalue weighted by atomic mass is 10.00. The van der Waals surface area contributed by atoms with E-state index in [1.54, 1.807) is 0 Å². The average molecular weight is 351 g/mol. The summed E-state index contributed by atoms with van der Waals surface area (Å²) in [6.07, 6.45) is 1.20. The summed E-state index contributed by atoms with van der Waals surface area (Å²) in [6, 6.07) is 4.21. The van der Waals surface area contributed by atoms with Crippen LogP contribution in [0.3, 0.4) is 0 Å². The molecule has 25 heavy (non-hydrogen) atoms. The topological polar surface area (TPSA) is 95.7 Å². The Kier molecular flexibility index (Phi) is 4.75. The maximum absolute atomic E-state index is 13.7. The smallest absolute Gasteiger partial charge is 0.307 e. The van der Waals surface area contributed by atoms with Gasteiger partial charge in [0.25, 0.3) is 5.91 Å². The number of hydrogen-bond donors (Lipinski definition) is 2. The van der Waals surface area contributed by atoms with E-state index >= 15 is 0 Å². The minimum absolute atomic E-state index is 0.00953. The molecule has 0 radical (unpaired) electrons. The number of carbonyl (C=O) groups excluding carboxylic acids is 1. The Hall–Kier alpha value is -2.81. The molecule has 0 bridgehead atoms. The first-order valence-corrected chi connectivity index (χ1v) is 7.65. The van der Waals surface area contributed by atoms with Crippen LogP contribution < -0.4 is 5.43 Å². The summed E-state index contributed by atoms with van der Waals surface area (Å²) in [6.45, 7) is 0.713. The van der Waals surface area contributed by atoms with Crippen LogP contribution in [0.2, 0.25) is 0 Å². The lowest BCUT2D eigenvalue weighted by molar-refractivity contribution is -0.144. The molecule has 1 aliphatic rings. The summed E-state index contributed by atoms with van der Waals surface area (Å²) in [5, 5.41) is 14.1. The third-order valence-corrected chi connectivity index (χ3v) is 3.97. The molecule has 1 unspecified atom stereocenters. The van der Waals surface area contributed by atoms with Gasteiger partial charge in [-0.25, -0.2) is 13.8 Å². The van der Waals surface area contributed by atoms with Crippen LogP contribution in [0.25, 0.3) is 11.3 Å². The number of hydrazine groups is 1. The molecule has 2 heterocycles. The molecule has 1 saturated heterocycles. The first-order valence-electron chi connectivity index (χ1n) is 7.65. The molecule has 7 nitrogen and oxygen atoms in total. The molecule has 1 aromatic heterocycles. The zero-order valence-corrected chi connectivity index (χ0v) is 13.0. The molecule has 1 amide bonds. The highest BCUT2D eigenvalue weighted by atomic mass is 19.1. The number of nitrogens with one attached hydrogen (secondary N) is 1. The fourth-order valence-electron chi connectivity index (χ4n) is 2.68. The number of benzene rings is 1. The van der Waals surface area contributed by atoms with Crippen LogP contribution in [0.15, 0.2) is 28.8 Å². The second-order valence-corrected chi connectivity index (χ2v) is 5.76. The van der Waals surface area contributed by atoms with Gasteiger partial charge < -0.3 is 9.63 Å². The third kappa shape index (κ3) is 3.82. The number of hydrogen-bond acceptors (Lipinski definition) is 5. The van der Waals surface area contributed by atoms with E-state index in [9.17, 15) is 18.4 Å². The van der Waals surface area contributed by atoms with Crippen LogP contribution in [-0.4, -0.2) is 40.2 Å². The molecule has 1 fully saturated rings. The van der Waals surface area contributed by atoms with Gasteiger partial charge >= 0.3 is 5.97 Å². The molecule has 0 aliphatic carbocycles. The van der Waals surface area contributed by atoms with Gasteiger partial charge in [-0.3, -0.25) is 15.0 Å². The van der Waals surface area contributed by atoms with E-state index in [0.717, 1.165) is 6.07 Å². The highest BCUT2D eigenvalue weighted by Crippen LogP contribution is 2.24. The van der Waals surface area contributed by atoms with Crippen LogP contribution in [0.1, 0.15) is 23.3 Å². The van der Waals surface area contributed by atoms with E-state index in [1.165, 1.54) is 17.1 Å². The molecule has 132 valence electrons. The lowest BCUT2D eigenvalue weighted by Gasteiger charge is -2.30. The maximum atomic E-state index is 13.7. The highest BCUT2D eigenvalue weighted by Gasteiger charge is 2.27. The number of rotatable bonds is 4. The van der Waals surface area contributed by atoms with E-state index in [4.69, 9.17) is 9.63 Å². The molecular formula is C16H15F2N3O4. The molecule has 0 spiro atoms. The maximum Gasteiger partial charge on any atom is 0.307 e. The SMILES string of the molecule is O=C(NN1CCCC(C(=O)O)C1)c1cc(-c2ccc(F)cc2F)on1. The van der Waals surface area contributed by atoms with Crippen molar-refractivity contribution < 1.29 is 28.0 Å². The van der Waals surface area contributed by atoms with Crippen LogP contribution in [0.4, 0.5) is 8.78 Å². The third-order valence-electron chi connectivity index (χ3n) is 3.97. The Morgan fingerprint density at radius 1 is 1.32 bits per heavy atom. The number of carboxylic acid groups (broad SMARTS) is 1. The van der Waals surface area contributed by atoms with E-state index in [2.05, 4.69) is 10.6 Å². The summed E-state index contributed by atoms with van der Waals surface area (Å²) in [4.78, 5) is 23.2.